The van der Waals surface area contributed by atoms with Gasteiger partial charge in [0, 0.05) is 24.8 Å². The summed E-state index contributed by atoms with van der Waals surface area (Å²) < 4.78 is 25.1. The van der Waals surface area contributed by atoms with Crippen molar-refractivity contribution in [1.82, 2.24) is 0 Å². The molecular weight excluding hydrogens is 198 g/mol. The fourth-order valence-electron chi connectivity index (χ4n) is 1.93. The summed E-state index contributed by atoms with van der Waals surface area (Å²) >= 11 is 0. The van der Waals surface area contributed by atoms with E-state index in [1.165, 1.54) is 0 Å². The Balaban J connectivity index is 1.89. The van der Waals surface area contributed by atoms with Crippen molar-refractivity contribution in [2.75, 3.05) is 0 Å². The Morgan fingerprint density at radius 2 is 1.87 bits per heavy atom. The standard InChI is InChI=1S/C12H12F2O/c13-12(14)7-9(8-12)6-11(15)10-4-2-1-3-5-10/h1-5,9H,6-8H2. The van der Waals surface area contributed by atoms with Crippen molar-refractivity contribution >= 4 is 5.78 Å². The fourth-order valence-corrected chi connectivity index (χ4v) is 1.93. The van der Waals surface area contributed by atoms with Crippen LogP contribution in [-0.2, 0) is 0 Å². The van der Waals surface area contributed by atoms with Gasteiger partial charge in [-0.25, -0.2) is 8.78 Å². The van der Waals surface area contributed by atoms with Crippen molar-refractivity contribution < 1.29 is 13.6 Å². The minimum Gasteiger partial charge on any atom is -0.294 e. The molecule has 2 rings (SSSR count). The lowest BCUT2D eigenvalue weighted by Crippen LogP contribution is -2.36. The minimum atomic E-state index is -2.53. The van der Waals surface area contributed by atoms with Gasteiger partial charge in [0.1, 0.15) is 0 Å². The Labute approximate surface area is 87.1 Å². The fraction of sp³-hybridized carbons (Fsp3) is 0.417. The molecule has 0 unspecified atom stereocenters. The van der Waals surface area contributed by atoms with E-state index in [1.807, 2.05) is 6.07 Å². The van der Waals surface area contributed by atoms with Crippen LogP contribution in [0.1, 0.15) is 29.6 Å². The summed E-state index contributed by atoms with van der Waals surface area (Å²) in [5.74, 6) is -2.69. The van der Waals surface area contributed by atoms with Crippen LogP contribution in [0.4, 0.5) is 8.78 Å². The van der Waals surface area contributed by atoms with E-state index in [9.17, 15) is 13.6 Å². The molecule has 0 amide bonds. The van der Waals surface area contributed by atoms with Gasteiger partial charge in [0.25, 0.3) is 0 Å². The third-order valence-corrected chi connectivity index (χ3v) is 2.74. The summed E-state index contributed by atoms with van der Waals surface area (Å²) in [5.41, 5.74) is 0.618. The SMILES string of the molecule is O=C(CC1CC(F)(F)C1)c1ccccc1. The molecule has 0 bridgehead atoms. The zero-order valence-corrected chi connectivity index (χ0v) is 8.25. The molecule has 0 atom stereocenters. The summed E-state index contributed by atoms with van der Waals surface area (Å²) in [7, 11) is 0. The number of Topliss-reactive ketones (excluding diaryl/α,β-unsaturated/α-hetero) is 1. The molecule has 0 saturated heterocycles. The first-order chi connectivity index (χ1) is 7.07. The normalized spacial score (nSPS) is 19.6. The average molecular weight is 210 g/mol. The monoisotopic (exact) mass is 210 g/mol. The number of halogens is 2. The van der Waals surface area contributed by atoms with Gasteiger partial charge in [-0.3, -0.25) is 4.79 Å². The van der Waals surface area contributed by atoms with Gasteiger partial charge in [-0.1, -0.05) is 30.3 Å². The maximum Gasteiger partial charge on any atom is 0.248 e. The average Bonchev–Trinajstić information content (AvgIpc) is 2.16. The smallest absolute Gasteiger partial charge is 0.248 e. The maximum absolute atomic E-state index is 12.5. The molecule has 1 aliphatic rings. The molecule has 0 aliphatic heterocycles. The Morgan fingerprint density at radius 3 is 2.40 bits per heavy atom. The predicted octanol–water partition coefficient (Wildman–Crippen LogP) is 3.30. The Kier molecular flexibility index (Phi) is 2.55. The third kappa shape index (κ3) is 2.41. The van der Waals surface area contributed by atoms with Gasteiger partial charge in [-0.05, 0) is 5.92 Å². The lowest BCUT2D eigenvalue weighted by atomic mass is 9.77. The van der Waals surface area contributed by atoms with E-state index in [2.05, 4.69) is 0 Å². The van der Waals surface area contributed by atoms with Crippen molar-refractivity contribution in [3.8, 4) is 0 Å². The summed E-state index contributed by atoms with van der Waals surface area (Å²) in [6.45, 7) is 0. The first-order valence-corrected chi connectivity index (χ1v) is 5.03. The molecule has 1 nitrogen and oxygen atoms in total. The van der Waals surface area contributed by atoms with Crippen molar-refractivity contribution in [1.29, 1.82) is 0 Å². The van der Waals surface area contributed by atoms with E-state index in [1.54, 1.807) is 24.3 Å². The van der Waals surface area contributed by atoms with Crippen LogP contribution < -0.4 is 0 Å². The van der Waals surface area contributed by atoms with Crippen LogP contribution >= 0.6 is 0 Å². The zero-order chi connectivity index (χ0) is 10.9. The van der Waals surface area contributed by atoms with Gasteiger partial charge < -0.3 is 0 Å². The summed E-state index contributed by atoms with van der Waals surface area (Å²) in [5, 5.41) is 0. The molecule has 0 radical (unpaired) electrons. The van der Waals surface area contributed by atoms with Crippen LogP contribution in [-0.4, -0.2) is 11.7 Å². The molecule has 0 N–H and O–H groups in total. The topological polar surface area (TPSA) is 17.1 Å². The highest BCUT2D eigenvalue weighted by Gasteiger charge is 2.45. The number of alkyl halides is 2. The van der Waals surface area contributed by atoms with Gasteiger partial charge in [0.05, 0.1) is 0 Å². The molecule has 1 fully saturated rings. The van der Waals surface area contributed by atoms with Gasteiger partial charge >= 0.3 is 0 Å². The van der Waals surface area contributed by atoms with Gasteiger partial charge in [-0.15, -0.1) is 0 Å². The quantitative estimate of drug-likeness (QED) is 0.699. The molecule has 80 valence electrons. The highest BCUT2D eigenvalue weighted by molar-refractivity contribution is 5.96. The Hall–Kier alpha value is -1.25. The van der Waals surface area contributed by atoms with Crippen molar-refractivity contribution in [2.24, 2.45) is 5.92 Å². The van der Waals surface area contributed by atoms with E-state index in [4.69, 9.17) is 0 Å². The number of rotatable bonds is 3. The van der Waals surface area contributed by atoms with Crippen molar-refractivity contribution in [2.45, 2.75) is 25.2 Å². The second-order valence-corrected chi connectivity index (χ2v) is 4.12. The minimum absolute atomic E-state index is 0.0314. The molecule has 3 heteroatoms. The predicted molar refractivity (Wildman–Crippen MR) is 53.1 cm³/mol. The van der Waals surface area contributed by atoms with Crippen molar-refractivity contribution in [3.05, 3.63) is 35.9 Å². The maximum atomic E-state index is 12.5. The van der Waals surface area contributed by atoms with Gasteiger partial charge in [-0.2, -0.15) is 0 Å². The summed E-state index contributed by atoms with van der Waals surface area (Å²) in [6.07, 6.45) is -0.0171. The van der Waals surface area contributed by atoms with Crippen LogP contribution in [0.3, 0.4) is 0 Å². The largest absolute Gasteiger partial charge is 0.294 e. The van der Waals surface area contributed by atoms with Crippen LogP contribution in [0.25, 0.3) is 0 Å². The molecule has 1 saturated carbocycles. The van der Waals surface area contributed by atoms with E-state index < -0.39 is 5.92 Å². The van der Waals surface area contributed by atoms with Gasteiger partial charge in [0.2, 0.25) is 5.92 Å². The Morgan fingerprint density at radius 1 is 1.27 bits per heavy atom. The highest BCUT2D eigenvalue weighted by atomic mass is 19.3. The lowest BCUT2D eigenvalue weighted by Gasteiger charge is -2.34. The molecule has 0 heterocycles. The third-order valence-electron chi connectivity index (χ3n) is 2.74. The van der Waals surface area contributed by atoms with Crippen molar-refractivity contribution in [3.63, 3.8) is 0 Å². The number of hydrogen-bond donors (Lipinski definition) is 0. The van der Waals surface area contributed by atoms with Gasteiger partial charge in [0.15, 0.2) is 5.78 Å². The number of benzene rings is 1. The summed E-state index contributed by atoms with van der Waals surface area (Å²) in [4.78, 5) is 11.6. The number of carbonyl (C=O) groups is 1. The van der Waals surface area contributed by atoms with E-state index >= 15 is 0 Å². The number of hydrogen-bond acceptors (Lipinski definition) is 1. The highest BCUT2D eigenvalue weighted by Crippen LogP contribution is 2.44. The number of carbonyl (C=O) groups excluding carboxylic acids is 1. The number of ketones is 1. The Bertz CT molecular complexity index is 351. The first kappa shape index (κ1) is 10.3. The second kappa shape index (κ2) is 3.72. The molecule has 15 heavy (non-hydrogen) atoms. The zero-order valence-electron chi connectivity index (χ0n) is 8.25. The van der Waals surface area contributed by atoms with E-state index in [0.717, 1.165) is 0 Å². The van der Waals surface area contributed by atoms with Crippen LogP contribution in [0.2, 0.25) is 0 Å². The molecule has 1 aromatic carbocycles. The van der Waals surface area contributed by atoms with Crippen LogP contribution in [0.15, 0.2) is 30.3 Å². The first-order valence-electron chi connectivity index (χ1n) is 5.03. The summed E-state index contributed by atoms with van der Waals surface area (Å²) in [6, 6.07) is 8.83. The van der Waals surface area contributed by atoms with E-state index in [-0.39, 0.29) is 31.0 Å². The molecule has 1 aromatic rings. The molecule has 0 aromatic heterocycles. The van der Waals surface area contributed by atoms with Crippen LogP contribution in [0.5, 0.6) is 0 Å². The van der Waals surface area contributed by atoms with Crippen LogP contribution in [0, 0.1) is 5.92 Å². The molecule has 1 aliphatic carbocycles. The van der Waals surface area contributed by atoms with E-state index in [0.29, 0.717) is 5.56 Å². The lowest BCUT2D eigenvalue weighted by molar-refractivity contribution is -0.109. The molecular formula is C12H12F2O. The second-order valence-electron chi connectivity index (χ2n) is 4.12. The molecule has 0 spiro atoms.